The SMILES string of the molecule is Cc1ccc2c(c1)CCNC2.N#CC(CC(=O)OCc1ccccc1)NC=O. The average molecular weight is 379 g/mol. The molecule has 0 radical (unpaired) electrons. The highest BCUT2D eigenvalue weighted by Crippen LogP contribution is 2.14. The third-order valence-corrected chi connectivity index (χ3v) is 4.29. The Kier molecular flexibility index (Phi) is 8.70. The zero-order valence-corrected chi connectivity index (χ0v) is 16.0. The molecule has 6 heteroatoms. The Morgan fingerprint density at radius 2 is 2.07 bits per heavy atom. The summed E-state index contributed by atoms with van der Waals surface area (Å²) in [6.07, 6.45) is 1.43. The highest BCUT2D eigenvalue weighted by Gasteiger charge is 2.13. The van der Waals surface area contributed by atoms with Gasteiger partial charge in [-0.1, -0.05) is 54.1 Å². The zero-order chi connectivity index (χ0) is 20.2. The normalized spacial score (nSPS) is 13.0. The molecule has 0 aromatic heterocycles. The molecule has 0 spiro atoms. The van der Waals surface area contributed by atoms with Gasteiger partial charge in [-0.3, -0.25) is 9.59 Å². The first-order valence-corrected chi connectivity index (χ1v) is 9.20. The summed E-state index contributed by atoms with van der Waals surface area (Å²) < 4.78 is 4.96. The molecule has 0 aliphatic carbocycles. The average Bonchev–Trinajstić information content (AvgIpc) is 2.73. The largest absolute Gasteiger partial charge is 0.461 e. The predicted molar refractivity (Wildman–Crippen MR) is 106 cm³/mol. The zero-order valence-electron chi connectivity index (χ0n) is 16.0. The number of hydrogen-bond donors (Lipinski definition) is 2. The number of nitrogens with one attached hydrogen (secondary N) is 2. The minimum Gasteiger partial charge on any atom is -0.461 e. The van der Waals surface area contributed by atoms with E-state index in [9.17, 15) is 9.59 Å². The van der Waals surface area contributed by atoms with Crippen LogP contribution >= 0.6 is 0 Å². The van der Waals surface area contributed by atoms with E-state index in [-0.39, 0.29) is 13.0 Å². The second-order valence-electron chi connectivity index (χ2n) is 6.52. The maximum Gasteiger partial charge on any atom is 0.309 e. The van der Waals surface area contributed by atoms with Gasteiger partial charge >= 0.3 is 5.97 Å². The second-order valence-corrected chi connectivity index (χ2v) is 6.52. The first-order chi connectivity index (χ1) is 13.6. The van der Waals surface area contributed by atoms with Gasteiger partial charge in [0.25, 0.3) is 0 Å². The molecule has 0 saturated carbocycles. The minimum absolute atomic E-state index is 0.151. The Labute approximate surface area is 165 Å². The number of nitriles is 1. The van der Waals surface area contributed by atoms with Gasteiger partial charge in [0.2, 0.25) is 6.41 Å². The fourth-order valence-corrected chi connectivity index (χ4v) is 2.79. The maximum absolute atomic E-state index is 11.3. The van der Waals surface area contributed by atoms with E-state index < -0.39 is 12.0 Å². The van der Waals surface area contributed by atoms with Crippen LogP contribution in [0.15, 0.2) is 48.5 Å². The molecule has 2 aromatic rings. The number of fused-ring (bicyclic) bond motifs is 1. The van der Waals surface area contributed by atoms with Crippen molar-refractivity contribution in [2.24, 2.45) is 0 Å². The Balaban J connectivity index is 0.000000218. The lowest BCUT2D eigenvalue weighted by Gasteiger charge is -2.16. The van der Waals surface area contributed by atoms with Crippen LogP contribution in [-0.2, 0) is 33.9 Å². The summed E-state index contributed by atoms with van der Waals surface area (Å²) >= 11 is 0. The second kappa shape index (κ2) is 11.5. The summed E-state index contributed by atoms with van der Waals surface area (Å²) in [6.45, 7) is 4.51. The van der Waals surface area contributed by atoms with E-state index in [1.807, 2.05) is 30.3 Å². The van der Waals surface area contributed by atoms with Crippen molar-refractivity contribution in [3.8, 4) is 6.07 Å². The van der Waals surface area contributed by atoms with Gasteiger partial charge in [0.15, 0.2) is 0 Å². The van der Waals surface area contributed by atoms with Gasteiger partial charge in [-0.25, -0.2) is 0 Å². The Hall–Kier alpha value is -3.17. The number of rotatable bonds is 6. The number of amides is 1. The fourth-order valence-electron chi connectivity index (χ4n) is 2.79. The summed E-state index contributed by atoms with van der Waals surface area (Å²) in [5.41, 5.74) is 5.26. The summed E-state index contributed by atoms with van der Waals surface area (Å²) in [5, 5.41) is 14.2. The number of esters is 1. The molecule has 1 aliphatic rings. The molecule has 0 bridgehead atoms. The maximum atomic E-state index is 11.3. The van der Waals surface area contributed by atoms with Crippen LogP contribution in [-0.4, -0.2) is 25.0 Å². The molecule has 1 heterocycles. The molecule has 0 fully saturated rings. The molecule has 146 valence electrons. The molecule has 0 saturated heterocycles. The van der Waals surface area contributed by atoms with Crippen LogP contribution in [0.1, 0.15) is 28.7 Å². The monoisotopic (exact) mass is 379 g/mol. The number of carbonyl (C=O) groups excluding carboxylic acids is 2. The van der Waals surface area contributed by atoms with Crippen LogP contribution in [0.25, 0.3) is 0 Å². The number of benzene rings is 2. The van der Waals surface area contributed by atoms with Crippen molar-refractivity contribution in [3.05, 3.63) is 70.8 Å². The third kappa shape index (κ3) is 7.22. The van der Waals surface area contributed by atoms with E-state index in [0.717, 1.165) is 18.7 Å². The molecule has 1 unspecified atom stereocenters. The van der Waals surface area contributed by atoms with Crippen molar-refractivity contribution in [2.75, 3.05) is 6.54 Å². The predicted octanol–water partition coefficient (Wildman–Crippen LogP) is 2.40. The summed E-state index contributed by atoms with van der Waals surface area (Å²) in [5.74, 6) is -0.519. The van der Waals surface area contributed by atoms with Crippen LogP contribution in [0.4, 0.5) is 0 Å². The fraction of sp³-hybridized carbons (Fsp3) is 0.318. The smallest absolute Gasteiger partial charge is 0.309 e. The Morgan fingerprint density at radius 3 is 2.79 bits per heavy atom. The van der Waals surface area contributed by atoms with Crippen molar-refractivity contribution < 1.29 is 14.3 Å². The number of ether oxygens (including phenoxy) is 1. The van der Waals surface area contributed by atoms with Crippen molar-refractivity contribution in [2.45, 2.75) is 39.0 Å². The van der Waals surface area contributed by atoms with E-state index in [2.05, 4.69) is 35.8 Å². The molecule has 6 nitrogen and oxygen atoms in total. The molecule has 2 aromatic carbocycles. The summed E-state index contributed by atoms with van der Waals surface area (Å²) in [6, 6.07) is 16.9. The highest BCUT2D eigenvalue weighted by molar-refractivity contribution is 5.71. The van der Waals surface area contributed by atoms with E-state index in [1.165, 1.54) is 23.1 Å². The molecule has 1 atom stereocenters. The first-order valence-electron chi connectivity index (χ1n) is 9.20. The standard InChI is InChI=1S/C12H12N2O3.C10H13N/c13-7-11(14-9-15)6-12(16)17-8-10-4-2-1-3-5-10;1-8-2-3-10-7-11-5-4-9(10)6-8/h1-5,9,11H,6,8H2,(H,14,15);2-3,6,11H,4-5,7H2,1H3. The summed E-state index contributed by atoms with van der Waals surface area (Å²) in [4.78, 5) is 21.5. The van der Waals surface area contributed by atoms with Gasteiger partial charge in [-0.05, 0) is 36.6 Å². The van der Waals surface area contributed by atoms with Crippen LogP contribution in [0.5, 0.6) is 0 Å². The lowest BCUT2D eigenvalue weighted by molar-refractivity contribution is -0.145. The third-order valence-electron chi connectivity index (χ3n) is 4.29. The molecule has 1 aliphatic heterocycles. The Morgan fingerprint density at radius 1 is 1.29 bits per heavy atom. The van der Waals surface area contributed by atoms with Crippen molar-refractivity contribution >= 4 is 12.4 Å². The lowest BCUT2D eigenvalue weighted by Crippen LogP contribution is -2.29. The van der Waals surface area contributed by atoms with Crippen molar-refractivity contribution in [3.63, 3.8) is 0 Å². The van der Waals surface area contributed by atoms with Crippen molar-refractivity contribution in [1.29, 1.82) is 5.26 Å². The van der Waals surface area contributed by atoms with Crippen molar-refractivity contribution in [1.82, 2.24) is 10.6 Å². The number of carbonyl (C=O) groups is 2. The molecule has 28 heavy (non-hydrogen) atoms. The molecular formula is C22H25N3O3. The van der Waals surface area contributed by atoms with Crippen LogP contribution in [0.3, 0.4) is 0 Å². The Bertz CT molecular complexity index is 816. The highest BCUT2D eigenvalue weighted by atomic mass is 16.5. The number of nitrogens with zero attached hydrogens (tertiary/aromatic N) is 1. The van der Waals surface area contributed by atoms with Gasteiger partial charge in [0.05, 0.1) is 12.5 Å². The van der Waals surface area contributed by atoms with E-state index >= 15 is 0 Å². The molecule has 3 rings (SSSR count). The van der Waals surface area contributed by atoms with Crippen LogP contribution in [0.2, 0.25) is 0 Å². The van der Waals surface area contributed by atoms with E-state index in [0.29, 0.717) is 6.41 Å². The van der Waals surface area contributed by atoms with Gasteiger partial charge in [-0.2, -0.15) is 5.26 Å². The van der Waals surface area contributed by atoms with Gasteiger partial charge in [0.1, 0.15) is 12.6 Å². The van der Waals surface area contributed by atoms with E-state index in [4.69, 9.17) is 10.00 Å². The van der Waals surface area contributed by atoms with Gasteiger partial charge in [0, 0.05) is 6.54 Å². The molecule has 1 amide bonds. The summed E-state index contributed by atoms with van der Waals surface area (Å²) in [7, 11) is 0. The van der Waals surface area contributed by atoms with Gasteiger partial charge in [-0.15, -0.1) is 0 Å². The number of aryl methyl sites for hydroxylation is 1. The lowest BCUT2D eigenvalue weighted by atomic mass is 9.99. The van der Waals surface area contributed by atoms with E-state index in [1.54, 1.807) is 6.07 Å². The first kappa shape index (κ1) is 21.1. The minimum atomic E-state index is -0.837. The number of hydrogen-bond acceptors (Lipinski definition) is 5. The van der Waals surface area contributed by atoms with Gasteiger partial charge < -0.3 is 15.4 Å². The molecule has 2 N–H and O–H groups in total. The van der Waals surface area contributed by atoms with Crippen LogP contribution in [0, 0.1) is 18.3 Å². The topological polar surface area (TPSA) is 91.2 Å². The quantitative estimate of drug-likeness (QED) is 0.594. The molecular weight excluding hydrogens is 354 g/mol. The van der Waals surface area contributed by atoms with Crippen LogP contribution < -0.4 is 10.6 Å².